The monoisotopic (exact) mass is 572 g/mol. The lowest BCUT2D eigenvalue weighted by Crippen LogP contribution is -2.51. The minimum absolute atomic E-state index is 0.237. The van der Waals surface area contributed by atoms with Crippen LogP contribution >= 0.6 is 0 Å². The van der Waals surface area contributed by atoms with E-state index in [1.165, 1.54) is 0 Å². The van der Waals surface area contributed by atoms with Crippen LogP contribution in [0.25, 0.3) is 0 Å². The van der Waals surface area contributed by atoms with Crippen LogP contribution in [-0.4, -0.2) is 55.0 Å². The van der Waals surface area contributed by atoms with Gasteiger partial charge in [0.25, 0.3) is 0 Å². The van der Waals surface area contributed by atoms with Gasteiger partial charge in [-0.1, -0.05) is 103 Å². The molecule has 0 saturated heterocycles. The van der Waals surface area contributed by atoms with Gasteiger partial charge in [-0.2, -0.15) is 0 Å². The maximum Gasteiger partial charge on any atom is 0.118 e. The third-order valence-electron chi connectivity index (χ3n) is 6.92. The van der Waals surface area contributed by atoms with Gasteiger partial charge in [0, 0.05) is 0 Å². The summed E-state index contributed by atoms with van der Waals surface area (Å²) >= 11 is 0. The second kappa shape index (κ2) is 17.4. The third kappa shape index (κ3) is 9.77. The van der Waals surface area contributed by atoms with Crippen molar-refractivity contribution >= 4 is 0 Å². The molecular formula is C35H40O7. The third-order valence-corrected chi connectivity index (χ3v) is 6.92. The van der Waals surface area contributed by atoms with Crippen LogP contribution in [0.4, 0.5) is 0 Å². The average Bonchev–Trinajstić information content (AvgIpc) is 3.06. The van der Waals surface area contributed by atoms with Crippen LogP contribution in [0, 0.1) is 0 Å². The zero-order chi connectivity index (χ0) is 29.4. The number of methoxy groups -OCH3 is 1. The van der Waals surface area contributed by atoms with Crippen molar-refractivity contribution in [3.63, 3.8) is 0 Å². The Bertz CT molecular complexity index is 1250. The fraction of sp³-hybridized carbons (Fsp3) is 0.314. The van der Waals surface area contributed by atoms with Gasteiger partial charge in [-0.05, 0) is 34.4 Å². The molecule has 0 bridgehead atoms. The normalized spacial score (nSPS) is 14.2. The van der Waals surface area contributed by atoms with E-state index in [9.17, 15) is 10.2 Å². The highest BCUT2D eigenvalue weighted by Gasteiger charge is 2.38. The van der Waals surface area contributed by atoms with Crippen molar-refractivity contribution in [2.75, 3.05) is 20.3 Å². The highest BCUT2D eigenvalue weighted by Crippen LogP contribution is 2.23. The zero-order valence-corrected chi connectivity index (χ0v) is 24.0. The Kier molecular flexibility index (Phi) is 13.0. The first-order valence-corrected chi connectivity index (χ1v) is 14.1. The summed E-state index contributed by atoms with van der Waals surface area (Å²) < 4.78 is 30.7. The van der Waals surface area contributed by atoms with Crippen molar-refractivity contribution < 1.29 is 33.9 Å². The fourth-order valence-corrected chi connectivity index (χ4v) is 4.57. The van der Waals surface area contributed by atoms with Gasteiger partial charge in [0.2, 0.25) is 0 Å². The number of rotatable bonds is 18. The number of aliphatic hydroxyl groups excluding tert-OH is 2. The molecule has 0 aliphatic carbocycles. The molecule has 0 aliphatic heterocycles. The van der Waals surface area contributed by atoms with Crippen molar-refractivity contribution in [2.24, 2.45) is 0 Å². The quantitative estimate of drug-likeness (QED) is 0.167. The maximum atomic E-state index is 10.6. The second-order valence-corrected chi connectivity index (χ2v) is 9.92. The zero-order valence-electron chi connectivity index (χ0n) is 24.0. The highest BCUT2D eigenvalue weighted by atomic mass is 16.6. The molecular weight excluding hydrogens is 532 g/mol. The SMILES string of the molecule is COc1ccc(CO[C@H](CO)[C@H](OCc2ccccc2)[C@H](OCc2ccccc2)[C@H](CO)OCc2ccccc2)cc1. The molecule has 4 aromatic carbocycles. The molecule has 0 aromatic heterocycles. The Morgan fingerprint density at radius 2 is 0.786 bits per heavy atom. The van der Waals surface area contributed by atoms with E-state index in [1.54, 1.807) is 7.11 Å². The molecule has 7 heteroatoms. The summed E-state index contributed by atoms with van der Waals surface area (Å²) in [5, 5.41) is 21.1. The topological polar surface area (TPSA) is 86.6 Å². The first kappa shape index (κ1) is 31.4. The summed E-state index contributed by atoms with van der Waals surface area (Å²) in [5.41, 5.74) is 3.80. The van der Waals surface area contributed by atoms with Crippen LogP contribution in [0.5, 0.6) is 5.75 Å². The standard InChI is InChI=1S/C35H40O7/c1-38-31-19-17-30(18-20-31)24-40-33(22-37)35(42-26-29-15-9-4-10-16-29)34(41-25-28-13-7-3-8-14-28)32(21-36)39-23-27-11-5-2-6-12-27/h2-20,32-37H,21-26H2,1H3/t32-,33+,34+,35-/m0/s1. The van der Waals surface area contributed by atoms with Gasteiger partial charge in [0.15, 0.2) is 0 Å². The van der Waals surface area contributed by atoms with Crippen LogP contribution in [-0.2, 0) is 45.4 Å². The lowest BCUT2D eigenvalue weighted by atomic mass is 10.0. The largest absolute Gasteiger partial charge is 0.497 e. The molecule has 2 N–H and O–H groups in total. The van der Waals surface area contributed by atoms with Crippen molar-refractivity contribution in [2.45, 2.75) is 50.8 Å². The molecule has 7 nitrogen and oxygen atoms in total. The number of ether oxygens (including phenoxy) is 5. The Hall–Kier alpha value is -3.56. The van der Waals surface area contributed by atoms with E-state index in [-0.39, 0.29) is 39.6 Å². The number of hydrogen-bond acceptors (Lipinski definition) is 7. The summed E-state index contributed by atoms with van der Waals surface area (Å²) in [6.45, 7) is 0.403. The van der Waals surface area contributed by atoms with E-state index in [0.717, 1.165) is 28.0 Å². The Morgan fingerprint density at radius 3 is 1.12 bits per heavy atom. The lowest BCUT2D eigenvalue weighted by Gasteiger charge is -2.36. The predicted octanol–water partition coefficient (Wildman–Crippen LogP) is 5.32. The molecule has 4 aromatic rings. The molecule has 0 amide bonds. The number of benzene rings is 4. The molecule has 0 saturated carbocycles. The minimum atomic E-state index is -0.773. The summed E-state index contributed by atoms with van der Waals surface area (Å²) in [4.78, 5) is 0. The molecule has 0 fully saturated rings. The molecule has 4 atom stereocenters. The first-order valence-electron chi connectivity index (χ1n) is 14.1. The van der Waals surface area contributed by atoms with E-state index in [4.69, 9.17) is 23.7 Å². The molecule has 4 rings (SSSR count). The number of aliphatic hydroxyl groups is 2. The molecule has 0 heterocycles. The summed E-state index contributed by atoms with van der Waals surface area (Å²) in [5.74, 6) is 0.747. The van der Waals surface area contributed by atoms with E-state index in [1.807, 2.05) is 115 Å². The molecule has 222 valence electrons. The maximum absolute atomic E-state index is 10.6. The Labute approximate surface area is 248 Å². The smallest absolute Gasteiger partial charge is 0.118 e. The van der Waals surface area contributed by atoms with Gasteiger partial charge in [0.1, 0.15) is 30.2 Å². The van der Waals surface area contributed by atoms with E-state index in [2.05, 4.69) is 0 Å². The first-order chi connectivity index (χ1) is 20.7. The Morgan fingerprint density at radius 1 is 0.452 bits per heavy atom. The molecule has 0 aliphatic rings. The summed E-state index contributed by atoms with van der Waals surface area (Å²) in [7, 11) is 1.62. The highest BCUT2D eigenvalue weighted by molar-refractivity contribution is 5.26. The van der Waals surface area contributed by atoms with Crippen LogP contribution in [0.3, 0.4) is 0 Å². The van der Waals surface area contributed by atoms with Gasteiger partial charge in [-0.25, -0.2) is 0 Å². The molecule has 0 unspecified atom stereocenters. The van der Waals surface area contributed by atoms with E-state index in [0.29, 0.717) is 0 Å². The Balaban J connectivity index is 1.59. The van der Waals surface area contributed by atoms with Crippen molar-refractivity contribution in [3.8, 4) is 5.75 Å². The summed E-state index contributed by atoms with van der Waals surface area (Å²) in [6.07, 6.45) is -3.07. The summed E-state index contributed by atoms with van der Waals surface area (Å²) in [6, 6.07) is 36.9. The molecule has 0 radical (unpaired) electrons. The fourth-order valence-electron chi connectivity index (χ4n) is 4.57. The molecule has 0 spiro atoms. The van der Waals surface area contributed by atoms with E-state index >= 15 is 0 Å². The van der Waals surface area contributed by atoms with Crippen LogP contribution in [0.15, 0.2) is 115 Å². The average molecular weight is 573 g/mol. The van der Waals surface area contributed by atoms with Gasteiger partial charge in [-0.15, -0.1) is 0 Å². The van der Waals surface area contributed by atoms with Crippen LogP contribution in [0.1, 0.15) is 22.3 Å². The second-order valence-electron chi connectivity index (χ2n) is 9.92. The predicted molar refractivity (Wildman–Crippen MR) is 161 cm³/mol. The van der Waals surface area contributed by atoms with E-state index < -0.39 is 24.4 Å². The number of hydrogen-bond donors (Lipinski definition) is 2. The lowest BCUT2D eigenvalue weighted by molar-refractivity contribution is -0.201. The van der Waals surface area contributed by atoms with Gasteiger partial charge < -0.3 is 33.9 Å². The van der Waals surface area contributed by atoms with Crippen molar-refractivity contribution in [1.82, 2.24) is 0 Å². The van der Waals surface area contributed by atoms with Gasteiger partial charge >= 0.3 is 0 Å². The van der Waals surface area contributed by atoms with Gasteiger partial charge in [-0.3, -0.25) is 0 Å². The van der Waals surface area contributed by atoms with Crippen molar-refractivity contribution in [1.29, 1.82) is 0 Å². The minimum Gasteiger partial charge on any atom is -0.497 e. The van der Waals surface area contributed by atoms with Gasteiger partial charge in [0.05, 0.1) is 46.8 Å². The van der Waals surface area contributed by atoms with Crippen molar-refractivity contribution in [3.05, 3.63) is 138 Å². The van der Waals surface area contributed by atoms with Crippen LogP contribution in [0.2, 0.25) is 0 Å². The van der Waals surface area contributed by atoms with Crippen LogP contribution < -0.4 is 4.74 Å². The molecule has 42 heavy (non-hydrogen) atoms.